The molecule has 0 aromatic heterocycles. The molecule has 1 unspecified atom stereocenters. The first-order valence-corrected chi connectivity index (χ1v) is 6.29. The van der Waals surface area contributed by atoms with Gasteiger partial charge in [0, 0.05) is 22.2 Å². The topological polar surface area (TPSA) is 46.2 Å². The largest absolute Gasteiger partial charge is 0.398 e. The highest BCUT2D eigenvalue weighted by molar-refractivity contribution is 6.31. The Morgan fingerprint density at radius 2 is 1.61 bits per heavy atom. The maximum absolute atomic E-state index is 10.1. The van der Waals surface area contributed by atoms with E-state index in [0.717, 1.165) is 11.1 Å². The van der Waals surface area contributed by atoms with Crippen molar-refractivity contribution in [2.24, 2.45) is 0 Å². The van der Waals surface area contributed by atoms with E-state index in [0.29, 0.717) is 22.2 Å². The van der Waals surface area contributed by atoms with E-state index in [1.54, 1.807) is 36.4 Å². The van der Waals surface area contributed by atoms with Gasteiger partial charge in [0.05, 0.1) is 6.10 Å². The van der Waals surface area contributed by atoms with E-state index in [2.05, 4.69) is 0 Å². The summed E-state index contributed by atoms with van der Waals surface area (Å²) in [6, 6.07) is 12.4. The standard InChI is InChI=1S/C14H13Cl2NO/c15-11-4-1-9(2-5-11)14(18)7-10-3-6-12(16)8-13(10)17/h1-6,8,14,18H,7,17H2. The first-order chi connectivity index (χ1) is 8.56. The van der Waals surface area contributed by atoms with Crippen LogP contribution in [0.3, 0.4) is 0 Å². The Labute approximate surface area is 116 Å². The molecule has 0 heterocycles. The predicted octanol–water partition coefficient (Wildman–Crippen LogP) is 3.85. The molecular formula is C14H13Cl2NO. The summed E-state index contributed by atoms with van der Waals surface area (Å²) in [5.74, 6) is 0. The fourth-order valence-corrected chi connectivity index (χ4v) is 2.07. The van der Waals surface area contributed by atoms with Crippen molar-refractivity contribution < 1.29 is 5.11 Å². The fourth-order valence-electron chi connectivity index (χ4n) is 1.76. The van der Waals surface area contributed by atoms with Crippen molar-refractivity contribution in [2.45, 2.75) is 12.5 Å². The van der Waals surface area contributed by atoms with Crippen LogP contribution in [0, 0.1) is 0 Å². The summed E-state index contributed by atoms with van der Waals surface area (Å²) in [4.78, 5) is 0. The second-order valence-electron chi connectivity index (χ2n) is 4.11. The van der Waals surface area contributed by atoms with Crippen LogP contribution in [0.4, 0.5) is 5.69 Å². The minimum atomic E-state index is -0.606. The van der Waals surface area contributed by atoms with Gasteiger partial charge in [0.2, 0.25) is 0 Å². The number of nitrogen functional groups attached to an aromatic ring is 1. The number of hydrogen-bond donors (Lipinski definition) is 2. The highest BCUT2D eigenvalue weighted by Crippen LogP contribution is 2.25. The average Bonchev–Trinajstić information content (AvgIpc) is 2.33. The van der Waals surface area contributed by atoms with Gasteiger partial charge in [-0.25, -0.2) is 0 Å². The van der Waals surface area contributed by atoms with E-state index in [4.69, 9.17) is 28.9 Å². The van der Waals surface area contributed by atoms with E-state index in [1.807, 2.05) is 6.07 Å². The summed E-state index contributed by atoms with van der Waals surface area (Å²) in [5, 5.41) is 11.4. The van der Waals surface area contributed by atoms with Gasteiger partial charge in [-0.15, -0.1) is 0 Å². The van der Waals surface area contributed by atoms with Crippen LogP contribution in [0.1, 0.15) is 17.2 Å². The molecule has 2 aromatic carbocycles. The number of benzene rings is 2. The smallest absolute Gasteiger partial charge is 0.0831 e. The molecule has 0 spiro atoms. The van der Waals surface area contributed by atoms with Gasteiger partial charge < -0.3 is 10.8 Å². The van der Waals surface area contributed by atoms with E-state index in [-0.39, 0.29) is 0 Å². The lowest BCUT2D eigenvalue weighted by Gasteiger charge is -2.13. The normalized spacial score (nSPS) is 12.4. The average molecular weight is 282 g/mol. The third kappa shape index (κ3) is 3.16. The van der Waals surface area contributed by atoms with Gasteiger partial charge in [-0.2, -0.15) is 0 Å². The molecular weight excluding hydrogens is 269 g/mol. The molecule has 0 aliphatic carbocycles. The Kier molecular flexibility index (Phi) is 4.12. The summed E-state index contributed by atoms with van der Waals surface area (Å²) in [6.45, 7) is 0. The van der Waals surface area contributed by atoms with Gasteiger partial charge in [0.1, 0.15) is 0 Å². The van der Waals surface area contributed by atoms with Gasteiger partial charge in [0.15, 0.2) is 0 Å². The van der Waals surface area contributed by atoms with Gasteiger partial charge in [0.25, 0.3) is 0 Å². The van der Waals surface area contributed by atoms with Crippen molar-refractivity contribution in [3.63, 3.8) is 0 Å². The van der Waals surface area contributed by atoms with E-state index < -0.39 is 6.10 Å². The van der Waals surface area contributed by atoms with Crippen LogP contribution in [-0.2, 0) is 6.42 Å². The zero-order valence-corrected chi connectivity index (χ0v) is 11.1. The van der Waals surface area contributed by atoms with Crippen LogP contribution in [0.15, 0.2) is 42.5 Å². The number of rotatable bonds is 3. The molecule has 18 heavy (non-hydrogen) atoms. The molecule has 0 saturated heterocycles. The molecule has 2 nitrogen and oxygen atoms in total. The minimum absolute atomic E-state index is 0.449. The minimum Gasteiger partial charge on any atom is -0.398 e. The van der Waals surface area contributed by atoms with Crippen LogP contribution in [0.5, 0.6) is 0 Å². The van der Waals surface area contributed by atoms with Crippen molar-refractivity contribution in [3.05, 3.63) is 63.6 Å². The summed E-state index contributed by atoms with van der Waals surface area (Å²) in [5.41, 5.74) is 8.14. The van der Waals surface area contributed by atoms with Gasteiger partial charge in [-0.3, -0.25) is 0 Å². The van der Waals surface area contributed by atoms with E-state index in [9.17, 15) is 5.11 Å². The summed E-state index contributed by atoms with van der Waals surface area (Å²) >= 11 is 11.6. The molecule has 0 bridgehead atoms. The second kappa shape index (κ2) is 5.61. The molecule has 94 valence electrons. The molecule has 0 saturated carbocycles. The third-order valence-electron chi connectivity index (χ3n) is 2.78. The summed E-state index contributed by atoms with van der Waals surface area (Å²) in [7, 11) is 0. The van der Waals surface area contributed by atoms with Crippen LogP contribution in [-0.4, -0.2) is 5.11 Å². The lowest BCUT2D eigenvalue weighted by atomic mass is 10.0. The molecule has 3 N–H and O–H groups in total. The Morgan fingerprint density at radius 3 is 2.22 bits per heavy atom. The summed E-state index contributed by atoms with van der Waals surface area (Å²) in [6.07, 6.45) is -0.157. The molecule has 2 aromatic rings. The highest BCUT2D eigenvalue weighted by Gasteiger charge is 2.10. The molecule has 2 rings (SSSR count). The second-order valence-corrected chi connectivity index (χ2v) is 4.99. The Hall–Kier alpha value is -1.22. The van der Waals surface area contributed by atoms with Crippen LogP contribution in [0.25, 0.3) is 0 Å². The quantitative estimate of drug-likeness (QED) is 0.840. The lowest BCUT2D eigenvalue weighted by Crippen LogP contribution is -2.04. The molecule has 0 aliphatic rings. The Balaban J connectivity index is 2.15. The molecule has 0 fully saturated rings. The number of anilines is 1. The Bertz CT molecular complexity index is 540. The molecule has 1 atom stereocenters. The first kappa shape index (κ1) is 13.2. The van der Waals surface area contributed by atoms with Crippen molar-refractivity contribution >= 4 is 28.9 Å². The zero-order valence-electron chi connectivity index (χ0n) is 9.61. The van der Waals surface area contributed by atoms with Gasteiger partial charge in [-0.1, -0.05) is 41.4 Å². The van der Waals surface area contributed by atoms with Crippen LogP contribution < -0.4 is 5.73 Å². The van der Waals surface area contributed by atoms with Crippen molar-refractivity contribution in [3.8, 4) is 0 Å². The van der Waals surface area contributed by atoms with E-state index >= 15 is 0 Å². The molecule has 0 amide bonds. The Morgan fingerprint density at radius 1 is 1.00 bits per heavy atom. The third-order valence-corrected chi connectivity index (χ3v) is 3.26. The predicted molar refractivity (Wildman–Crippen MR) is 76.0 cm³/mol. The fraction of sp³-hybridized carbons (Fsp3) is 0.143. The van der Waals surface area contributed by atoms with Crippen LogP contribution >= 0.6 is 23.2 Å². The maximum Gasteiger partial charge on any atom is 0.0831 e. The number of hydrogen-bond acceptors (Lipinski definition) is 2. The van der Waals surface area contributed by atoms with Gasteiger partial charge >= 0.3 is 0 Å². The lowest BCUT2D eigenvalue weighted by molar-refractivity contribution is 0.178. The maximum atomic E-state index is 10.1. The SMILES string of the molecule is Nc1cc(Cl)ccc1CC(O)c1ccc(Cl)cc1. The summed E-state index contributed by atoms with van der Waals surface area (Å²) < 4.78 is 0. The number of halogens is 2. The first-order valence-electron chi connectivity index (χ1n) is 5.53. The highest BCUT2D eigenvalue weighted by atomic mass is 35.5. The number of aliphatic hydroxyl groups excluding tert-OH is 1. The monoisotopic (exact) mass is 281 g/mol. The zero-order chi connectivity index (χ0) is 13.1. The molecule has 0 aliphatic heterocycles. The van der Waals surface area contributed by atoms with Crippen molar-refractivity contribution in [1.82, 2.24) is 0 Å². The number of nitrogens with two attached hydrogens (primary N) is 1. The number of aliphatic hydroxyl groups is 1. The van der Waals surface area contributed by atoms with Gasteiger partial charge in [-0.05, 0) is 35.4 Å². The molecule has 0 radical (unpaired) electrons. The van der Waals surface area contributed by atoms with Crippen molar-refractivity contribution in [1.29, 1.82) is 0 Å². The van der Waals surface area contributed by atoms with Crippen LogP contribution in [0.2, 0.25) is 10.0 Å². The van der Waals surface area contributed by atoms with E-state index in [1.165, 1.54) is 0 Å². The van der Waals surface area contributed by atoms with Crippen molar-refractivity contribution in [2.75, 3.05) is 5.73 Å². The molecule has 4 heteroatoms.